The number of hydrogen-bond donors (Lipinski definition) is 3. The lowest BCUT2D eigenvalue weighted by molar-refractivity contribution is -0.0588. The summed E-state index contributed by atoms with van der Waals surface area (Å²) in [4.78, 5) is 20.0. The molecule has 1 saturated heterocycles. The van der Waals surface area contributed by atoms with E-state index in [4.69, 9.17) is 9.47 Å². The zero-order valence-corrected chi connectivity index (χ0v) is 12.8. The van der Waals surface area contributed by atoms with Crippen LogP contribution in [0.25, 0.3) is 10.8 Å². The number of aliphatic hydroxyl groups excluding tert-OH is 2. The minimum atomic E-state index is -0.963. The van der Waals surface area contributed by atoms with Crippen LogP contribution in [0.4, 0.5) is 11.6 Å². The molecule has 9 heteroatoms. The highest BCUT2D eigenvalue weighted by molar-refractivity contribution is 6.06. The summed E-state index contributed by atoms with van der Waals surface area (Å²) in [6.07, 6.45) is 0.176. The van der Waals surface area contributed by atoms with E-state index in [1.807, 2.05) is 0 Å². The molecule has 2 aliphatic heterocycles. The quantitative estimate of drug-likeness (QED) is 0.709. The molecule has 0 radical (unpaired) electrons. The molecule has 2 aliphatic rings. The van der Waals surface area contributed by atoms with Crippen molar-refractivity contribution in [1.29, 1.82) is 0 Å². The Kier molecular flexibility index (Phi) is 3.57. The maximum atomic E-state index is 11.6. The maximum absolute atomic E-state index is 11.6. The minimum Gasteiger partial charge on any atom is -0.394 e. The number of nitrogens with zero attached hydrogens (tertiary/aromatic N) is 3. The number of ether oxygens (including phenoxy) is 2. The van der Waals surface area contributed by atoms with E-state index in [-0.39, 0.29) is 12.2 Å². The Labute approximate surface area is 136 Å². The summed E-state index contributed by atoms with van der Waals surface area (Å²) in [6.45, 7) is -0.320. The van der Waals surface area contributed by atoms with E-state index >= 15 is 0 Å². The normalized spacial score (nSPS) is 28.3. The van der Waals surface area contributed by atoms with Gasteiger partial charge in [-0.25, -0.2) is 4.99 Å². The average molecular weight is 332 g/mol. The molecule has 0 aliphatic carbocycles. The van der Waals surface area contributed by atoms with Crippen LogP contribution in [-0.2, 0) is 9.47 Å². The molecular weight excluding hydrogens is 316 g/mol. The summed E-state index contributed by atoms with van der Waals surface area (Å²) < 4.78 is 12.8. The average Bonchev–Trinajstić information content (AvgIpc) is 3.05. The van der Waals surface area contributed by atoms with Crippen LogP contribution in [-0.4, -0.2) is 58.1 Å². The van der Waals surface area contributed by atoms with Crippen molar-refractivity contribution in [2.45, 2.75) is 24.5 Å². The van der Waals surface area contributed by atoms with E-state index in [0.29, 0.717) is 17.0 Å². The molecular formula is C15H16N4O5. The second-order valence-electron chi connectivity index (χ2n) is 5.66. The van der Waals surface area contributed by atoms with Crippen LogP contribution in [0.2, 0.25) is 0 Å². The molecule has 126 valence electrons. The summed E-state index contributed by atoms with van der Waals surface area (Å²) in [5.74, 6) is 0.953. The monoisotopic (exact) mass is 332 g/mol. The molecule has 0 unspecified atom stereocenters. The Balaban J connectivity index is 1.90. The van der Waals surface area contributed by atoms with Crippen LogP contribution in [0.3, 0.4) is 0 Å². The van der Waals surface area contributed by atoms with Crippen LogP contribution in [0.1, 0.15) is 6.23 Å². The first-order valence-corrected chi connectivity index (χ1v) is 7.46. The van der Waals surface area contributed by atoms with E-state index in [1.54, 1.807) is 16.8 Å². The minimum absolute atomic E-state index is 0.320. The lowest BCUT2D eigenvalue weighted by Gasteiger charge is -2.21. The van der Waals surface area contributed by atoms with Gasteiger partial charge in [0.15, 0.2) is 6.23 Å². The summed E-state index contributed by atoms with van der Waals surface area (Å²) in [5.41, 5.74) is -0.357. The van der Waals surface area contributed by atoms with Gasteiger partial charge in [-0.2, -0.15) is 4.98 Å². The fraction of sp³-hybridized carbons (Fsp3) is 0.400. The first-order valence-electron chi connectivity index (χ1n) is 7.46. The molecule has 2 aromatic heterocycles. The van der Waals surface area contributed by atoms with Crippen molar-refractivity contribution in [1.82, 2.24) is 9.55 Å². The van der Waals surface area contributed by atoms with Crippen molar-refractivity contribution in [3.05, 3.63) is 28.7 Å². The van der Waals surface area contributed by atoms with E-state index in [0.717, 1.165) is 5.39 Å². The van der Waals surface area contributed by atoms with Crippen LogP contribution in [0.15, 0.2) is 28.1 Å². The lowest BCUT2D eigenvalue weighted by atomic mass is 10.1. The van der Waals surface area contributed by atoms with Crippen molar-refractivity contribution in [3.63, 3.8) is 0 Å². The first kappa shape index (κ1) is 15.2. The van der Waals surface area contributed by atoms with Gasteiger partial charge in [0.25, 0.3) is 5.56 Å². The first-order chi connectivity index (χ1) is 11.6. The molecule has 4 atom stereocenters. The van der Waals surface area contributed by atoms with E-state index < -0.39 is 24.5 Å². The Morgan fingerprint density at radius 3 is 3.04 bits per heavy atom. The molecule has 2 aromatic rings. The topological polar surface area (TPSA) is 118 Å². The fourth-order valence-corrected chi connectivity index (χ4v) is 3.20. The van der Waals surface area contributed by atoms with Crippen molar-refractivity contribution >= 4 is 28.7 Å². The number of nitrogens with one attached hydrogen (secondary N) is 1. The molecule has 9 nitrogen and oxygen atoms in total. The number of methoxy groups -OCH3 is 1. The van der Waals surface area contributed by atoms with Gasteiger partial charge in [0.2, 0.25) is 0 Å². The van der Waals surface area contributed by atoms with Crippen LogP contribution in [0, 0.1) is 0 Å². The summed E-state index contributed by atoms with van der Waals surface area (Å²) in [7, 11) is 1.47. The standard InChI is InChI=1S/C15H16N4O5/c1-23-12-11(22)8(5-20)24-15(12)19-4-7-2-3-9(21)18-13-10(7)14(19)17-6-16-13/h2-4,6,8,11-12,15,20,22H,5H2,1H3,(H,16,17,18,21)/t8-,11-,12-,15-/m1/s1. The van der Waals surface area contributed by atoms with Crippen LogP contribution >= 0.6 is 0 Å². The fourth-order valence-electron chi connectivity index (χ4n) is 3.20. The van der Waals surface area contributed by atoms with Gasteiger partial charge < -0.3 is 29.6 Å². The highest BCUT2D eigenvalue weighted by Gasteiger charge is 2.45. The molecule has 4 rings (SSSR count). The Morgan fingerprint density at radius 2 is 2.29 bits per heavy atom. The summed E-state index contributed by atoms with van der Waals surface area (Å²) in [5, 5.41) is 23.9. The van der Waals surface area contributed by atoms with Crippen LogP contribution < -0.4 is 10.9 Å². The van der Waals surface area contributed by atoms with Crippen molar-refractivity contribution in [2.24, 2.45) is 4.99 Å². The van der Waals surface area contributed by atoms with Gasteiger partial charge in [-0.15, -0.1) is 0 Å². The van der Waals surface area contributed by atoms with Gasteiger partial charge in [-0.3, -0.25) is 4.79 Å². The smallest absolute Gasteiger partial charge is 0.271 e. The molecule has 4 heterocycles. The number of anilines is 1. The second-order valence-corrected chi connectivity index (χ2v) is 5.66. The van der Waals surface area contributed by atoms with Crippen molar-refractivity contribution in [2.75, 3.05) is 19.0 Å². The van der Waals surface area contributed by atoms with Gasteiger partial charge in [0, 0.05) is 24.8 Å². The SMILES string of the molecule is CO[C@@H]1[C@H](O)[C@@H](CO)O[C@H]1n1cc2ccc(=O)nc3c2c1N=CN3. The molecule has 0 bridgehead atoms. The molecule has 0 spiro atoms. The lowest BCUT2D eigenvalue weighted by Crippen LogP contribution is -2.34. The Hall–Kier alpha value is -2.33. The number of aromatic nitrogens is 2. The van der Waals surface area contributed by atoms with Crippen LogP contribution in [0.5, 0.6) is 0 Å². The highest BCUT2D eigenvalue weighted by Crippen LogP contribution is 2.40. The predicted octanol–water partition coefficient (Wildman–Crippen LogP) is -0.253. The van der Waals surface area contributed by atoms with Gasteiger partial charge in [0.05, 0.1) is 18.3 Å². The molecule has 24 heavy (non-hydrogen) atoms. The third-order valence-electron chi connectivity index (χ3n) is 4.33. The highest BCUT2D eigenvalue weighted by atomic mass is 16.6. The third kappa shape index (κ3) is 2.13. The third-order valence-corrected chi connectivity index (χ3v) is 4.33. The van der Waals surface area contributed by atoms with Gasteiger partial charge in [-0.1, -0.05) is 0 Å². The number of hydrogen-bond acceptors (Lipinski definition) is 8. The zero-order chi connectivity index (χ0) is 16.8. The molecule has 0 amide bonds. The van der Waals surface area contributed by atoms with E-state index in [2.05, 4.69) is 15.3 Å². The number of aliphatic hydroxyl groups is 2. The van der Waals surface area contributed by atoms with E-state index in [9.17, 15) is 15.0 Å². The maximum Gasteiger partial charge on any atom is 0.271 e. The van der Waals surface area contributed by atoms with Crippen molar-refractivity contribution in [3.8, 4) is 0 Å². The Morgan fingerprint density at radius 1 is 1.46 bits per heavy atom. The molecule has 0 aromatic carbocycles. The van der Waals surface area contributed by atoms with Gasteiger partial charge in [-0.05, 0) is 6.07 Å². The zero-order valence-electron chi connectivity index (χ0n) is 12.8. The van der Waals surface area contributed by atoms with Gasteiger partial charge >= 0.3 is 0 Å². The Bertz CT molecular complexity index is 880. The summed E-state index contributed by atoms with van der Waals surface area (Å²) in [6, 6.07) is 3.04. The number of aliphatic imine (C=N–C) groups is 1. The predicted molar refractivity (Wildman–Crippen MR) is 85.6 cm³/mol. The van der Waals surface area contributed by atoms with Crippen molar-refractivity contribution < 1.29 is 19.7 Å². The largest absolute Gasteiger partial charge is 0.394 e. The van der Waals surface area contributed by atoms with E-state index in [1.165, 1.54) is 19.5 Å². The van der Waals surface area contributed by atoms with Gasteiger partial charge in [0.1, 0.15) is 29.9 Å². The molecule has 3 N–H and O–H groups in total. The summed E-state index contributed by atoms with van der Waals surface area (Å²) >= 11 is 0. The second kappa shape index (κ2) is 5.64. The molecule has 0 saturated carbocycles. The molecule has 1 fully saturated rings. The number of rotatable bonds is 3.